The van der Waals surface area contributed by atoms with Crippen LogP contribution in [-0.2, 0) is 16.4 Å². The van der Waals surface area contributed by atoms with Crippen molar-refractivity contribution in [2.45, 2.75) is 11.3 Å². The number of sulfonamides is 1. The molecule has 0 atom stereocenters. The Bertz CT molecular complexity index is 951. The van der Waals surface area contributed by atoms with Gasteiger partial charge >= 0.3 is 0 Å². The van der Waals surface area contributed by atoms with E-state index in [1.807, 2.05) is 12.1 Å². The van der Waals surface area contributed by atoms with E-state index in [9.17, 15) is 13.2 Å². The van der Waals surface area contributed by atoms with Crippen LogP contribution in [0.4, 0.5) is 5.69 Å². The maximum atomic E-state index is 12.3. The molecule has 134 valence electrons. The quantitative estimate of drug-likeness (QED) is 0.669. The SMILES string of the molecule is O=C(NCCc1ccc(NS(=O)(=O)c2ccccc2)cc1)c1ccco1. The third kappa shape index (κ3) is 4.52. The Morgan fingerprint density at radius 1 is 0.923 bits per heavy atom. The molecule has 0 radical (unpaired) electrons. The van der Waals surface area contributed by atoms with E-state index in [4.69, 9.17) is 4.42 Å². The lowest BCUT2D eigenvalue weighted by atomic mass is 10.1. The predicted octanol–water partition coefficient (Wildman–Crippen LogP) is 3.05. The van der Waals surface area contributed by atoms with Crippen molar-refractivity contribution in [3.8, 4) is 0 Å². The third-order valence-electron chi connectivity index (χ3n) is 3.70. The molecule has 3 rings (SSSR count). The number of furan rings is 1. The number of carbonyl (C=O) groups excluding carboxylic acids is 1. The molecule has 3 aromatic rings. The molecule has 0 spiro atoms. The smallest absolute Gasteiger partial charge is 0.286 e. The molecule has 0 aliphatic carbocycles. The fraction of sp³-hybridized carbons (Fsp3) is 0.105. The molecule has 26 heavy (non-hydrogen) atoms. The highest BCUT2D eigenvalue weighted by atomic mass is 32.2. The first-order valence-electron chi connectivity index (χ1n) is 8.03. The Balaban J connectivity index is 1.54. The highest BCUT2D eigenvalue weighted by Crippen LogP contribution is 2.16. The summed E-state index contributed by atoms with van der Waals surface area (Å²) in [5, 5.41) is 2.76. The van der Waals surface area contributed by atoms with E-state index in [-0.39, 0.29) is 16.6 Å². The average molecular weight is 370 g/mol. The molecule has 1 aromatic heterocycles. The lowest BCUT2D eigenvalue weighted by molar-refractivity contribution is 0.0926. The second-order valence-corrected chi connectivity index (χ2v) is 7.28. The molecule has 0 aliphatic heterocycles. The van der Waals surface area contributed by atoms with Crippen LogP contribution in [-0.4, -0.2) is 20.9 Å². The van der Waals surface area contributed by atoms with Crippen LogP contribution in [0.3, 0.4) is 0 Å². The van der Waals surface area contributed by atoms with Crippen LogP contribution < -0.4 is 10.0 Å². The van der Waals surface area contributed by atoms with Gasteiger partial charge in [0.2, 0.25) is 0 Å². The minimum absolute atomic E-state index is 0.213. The van der Waals surface area contributed by atoms with Crippen molar-refractivity contribution in [1.82, 2.24) is 5.32 Å². The van der Waals surface area contributed by atoms with Crippen molar-refractivity contribution in [3.63, 3.8) is 0 Å². The number of benzene rings is 2. The summed E-state index contributed by atoms with van der Waals surface area (Å²) in [7, 11) is -3.60. The van der Waals surface area contributed by atoms with Gasteiger partial charge in [0.15, 0.2) is 5.76 Å². The maximum absolute atomic E-state index is 12.3. The molecule has 1 heterocycles. The Hall–Kier alpha value is -3.06. The van der Waals surface area contributed by atoms with Gasteiger partial charge in [-0.05, 0) is 48.4 Å². The first-order chi connectivity index (χ1) is 12.5. The average Bonchev–Trinajstić information content (AvgIpc) is 3.18. The van der Waals surface area contributed by atoms with Gasteiger partial charge in [0.1, 0.15) is 0 Å². The predicted molar refractivity (Wildman–Crippen MR) is 98.4 cm³/mol. The van der Waals surface area contributed by atoms with Crippen LogP contribution in [0.2, 0.25) is 0 Å². The summed E-state index contributed by atoms with van der Waals surface area (Å²) in [5.41, 5.74) is 1.46. The fourth-order valence-corrected chi connectivity index (χ4v) is 3.45. The Labute approximate surface area is 151 Å². The van der Waals surface area contributed by atoms with Crippen LogP contribution in [0, 0.1) is 0 Å². The van der Waals surface area contributed by atoms with Crippen LogP contribution in [0.5, 0.6) is 0 Å². The molecule has 0 saturated heterocycles. The molecule has 0 saturated carbocycles. The zero-order chi connectivity index (χ0) is 18.4. The van der Waals surface area contributed by atoms with E-state index in [0.29, 0.717) is 18.7 Å². The topological polar surface area (TPSA) is 88.4 Å². The number of nitrogens with one attached hydrogen (secondary N) is 2. The summed E-state index contributed by atoms with van der Waals surface area (Å²) in [5.74, 6) is 0.0120. The van der Waals surface area contributed by atoms with Crippen molar-refractivity contribution < 1.29 is 17.6 Å². The molecule has 0 unspecified atom stereocenters. The zero-order valence-electron chi connectivity index (χ0n) is 13.9. The third-order valence-corrected chi connectivity index (χ3v) is 5.10. The molecule has 7 heteroatoms. The van der Waals surface area contributed by atoms with Crippen molar-refractivity contribution in [1.29, 1.82) is 0 Å². The van der Waals surface area contributed by atoms with Crippen LogP contribution in [0.1, 0.15) is 16.1 Å². The summed E-state index contributed by atoms with van der Waals surface area (Å²) in [6.07, 6.45) is 2.07. The zero-order valence-corrected chi connectivity index (χ0v) is 14.7. The van der Waals surface area contributed by atoms with E-state index in [1.165, 1.54) is 6.26 Å². The standard InChI is InChI=1S/C19H18N2O4S/c22-19(18-7-4-14-25-18)20-13-12-15-8-10-16(11-9-15)21-26(23,24)17-5-2-1-3-6-17/h1-11,14,21H,12-13H2,(H,20,22). The van der Waals surface area contributed by atoms with Crippen LogP contribution in [0.25, 0.3) is 0 Å². The van der Waals surface area contributed by atoms with Crippen molar-refractivity contribution in [3.05, 3.63) is 84.3 Å². The normalized spacial score (nSPS) is 11.1. The van der Waals surface area contributed by atoms with Gasteiger partial charge in [-0.1, -0.05) is 30.3 Å². The van der Waals surface area contributed by atoms with E-state index in [0.717, 1.165) is 5.56 Å². The number of hydrogen-bond acceptors (Lipinski definition) is 4. The minimum atomic E-state index is -3.60. The molecule has 0 bridgehead atoms. The molecule has 6 nitrogen and oxygen atoms in total. The molecular weight excluding hydrogens is 352 g/mol. The van der Waals surface area contributed by atoms with Gasteiger partial charge in [-0.2, -0.15) is 0 Å². The van der Waals surface area contributed by atoms with Gasteiger partial charge < -0.3 is 9.73 Å². The fourth-order valence-electron chi connectivity index (χ4n) is 2.37. The maximum Gasteiger partial charge on any atom is 0.286 e. The lowest BCUT2D eigenvalue weighted by Gasteiger charge is -2.09. The highest BCUT2D eigenvalue weighted by Gasteiger charge is 2.13. The second-order valence-electron chi connectivity index (χ2n) is 5.60. The summed E-state index contributed by atoms with van der Waals surface area (Å²) < 4.78 is 32.1. The van der Waals surface area contributed by atoms with Gasteiger partial charge in [0.05, 0.1) is 11.2 Å². The minimum Gasteiger partial charge on any atom is -0.459 e. The number of hydrogen-bond donors (Lipinski definition) is 2. The summed E-state index contributed by atoms with van der Waals surface area (Å²) in [6.45, 7) is 0.453. The summed E-state index contributed by atoms with van der Waals surface area (Å²) in [6, 6.07) is 18.5. The molecule has 1 amide bonds. The largest absolute Gasteiger partial charge is 0.459 e. The second kappa shape index (κ2) is 7.88. The van der Waals surface area contributed by atoms with Crippen LogP contribution >= 0.6 is 0 Å². The highest BCUT2D eigenvalue weighted by molar-refractivity contribution is 7.92. The van der Waals surface area contributed by atoms with Gasteiger partial charge in [-0.3, -0.25) is 9.52 Å². The molecule has 2 N–H and O–H groups in total. The van der Waals surface area contributed by atoms with Crippen molar-refractivity contribution >= 4 is 21.6 Å². The first-order valence-corrected chi connectivity index (χ1v) is 9.51. The first kappa shape index (κ1) is 17.8. The van der Waals surface area contributed by atoms with Crippen molar-refractivity contribution in [2.75, 3.05) is 11.3 Å². The molecule has 2 aromatic carbocycles. The Morgan fingerprint density at radius 2 is 1.65 bits per heavy atom. The monoisotopic (exact) mass is 370 g/mol. The Morgan fingerprint density at radius 3 is 2.31 bits per heavy atom. The van der Waals surface area contributed by atoms with E-state index < -0.39 is 10.0 Å². The molecule has 0 aliphatic rings. The van der Waals surface area contributed by atoms with Gasteiger partial charge in [0, 0.05) is 12.2 Å². The van der Waals surface area contributed by atoms with E-state index in [1.54, 1.807) is 54.6 Å². The van der Waals surface area contributed by atoms with Crippen LogP contribution in [0.15, 0.2) is 82.3 Å². The lowest BCUT2D eigenvalue weighted by Crippen LogP contribution is -2.25. The molecular formula is C19H18N2O4S. The van der Waals surface area contributed by atoms with E-state index >= 15 is 0 Å². The van der Waals surface area contributed by atoms with Gasteiger partial charge in [-0.15, -0.1) is 0 Å². The number of amides is 1. The molecule has 0 fully saturated rings. The summed E-state index contributed by atoms with van der Waals surface area (Å²) in [4.78, 5) is 12.0. The summed E-state index contributed by atoms with van der Waals surface area (Å²) >= 11 is 0. The number of carbonyl (C=O) groups is 1. The van der Waals surface area contributed by atoms with E-state index in [2.05, 4.69) is 10.0 Å². The van der Waals surface area contributed by atoms with Gasteiger partial charge in [0.25, 0.3) is 15.9 Å². The van der Waals surface area contributed by atoms with Crippen molar-refractivity contribution in [2.24, 2.45) is 0 Å². The number of anilines is 1. The number of rotatable bonds is 7. The van der Waals surface area contributed by atoms with Gasteiger partial charge in [-0.25, -0.2) is 8.42 Å². The Kier molecular flexibility index (Phi) is 5.38.